The van der Waals surface area contributed by atoms with E-state index in [1.807, 2.05) is 0 Å². The fraction of sp³-hybridized carbons (Fsp3) is 0.0556. The minimum absolute atomic E-state index is 0.0540. The first kappa shape index (κ1) is 15.8. The number of nitriles is 1. The summed E-state index contributed by atoms with van der Waals surface area (Å²) in [6, 6.07) is 15.1. The van der Waals surface area contributed by atoms with Crippen molar-refractivity contribution in [1.29, 1.82) is 5.26 Å². The lowest BCUT2D eigenvalue weighted by Crippen LogP contribution is -1.92. The molecule has 0 amide bonds. The average molecular weight is 304 g/mol. The molecule has 0 atom stereocenters. The normalized spacial score (nSPS) is 10.4. The zero-order valence-electron chi connectivity index (χ0n) is 12.1. The van der Waals surface area contributed by atoms with Crippen LogP contribution in [-0.2, 0) is 0 Å². The van der Waals surface area contributed by atoms with E-state index in [0.717, 1.165) is 5.56 Å². The number of terminal acetylenes is 1. The molecule has 5 heteroatoms. The van der Waals surface area contributed by atoms with E-state index in [4.69, 9.17) is 11.2 Å². The van der Waals surface area contributed by atoms with Crippen molar-refractivity contribution >= 4 is 17.3 Å². The molecule has 0 saturated carbocycles. The zero-order valence-corrected chi connectivity index (χ0v) is 12.1. The van der Waals surface area contributed by atoms with Gasteiger partial charge in [0.25, 0.3) is 5.69 Å². The van der Waals surface area contributed by atoms with Crippen molar-refractivity contribution in [2.45, 2.75) is 0 Å². The number of ether oxygens (including phenoxy) is 1. The van der Waals surface area contributed by atoms with Crippen molar-refractivity contribution in [3.63, 3.8) is 0 Å². The van der Waals surface area contributed by atoms with Crippen molar-refractivity contribution in [3.05, 3.63) is 69.8 Å². The van der Waals surface area contributed by atoms with Gasteiger partial charge in [-0.3, -0.25) is 10.1 Å². The summed E-state index contributed by atoms with van der Waals surface area (Å²) >= 11 is 0. The van der Waals surface area contributed by atoms with Gasteiger partial charge in [0.2, 0.25) is 0 Å². The van der Waals surface area contributed by atoms with Crippen LogP contribution in [0.2, 0.25) is 0 Å². The molecule has 0 aliphatic heterocycles. The maximum Gasteiger partial charge on any atom is 0.270 e. The van der Waals surface area contributed by atoms with E-state index in [1.54, 1.807) is 42.5 Å². The number of nitrogens with zero attached hydrogens (tertiary/aromatic N) is 2. The summed E-state index contributed by atoms with van der Waals surface area (Å²) in [5.74, 6) is 3.01. The molecule has 0 heterocycles. The van der Waals surface area contributed by atoms with Gasteiger partial charge >= 0.3 is 0 Å². The van der Waals surface area contributed by atoms with Gasteiger partial charge in [0.15, 0.2) is 0 Å². The van der Waals surface area contributed by atoms with Gasteiger partial charge in [0.1, 0.15) is 12.4 Å². The van der Waals surface area contributed by atoms with E-state index < -0.39 is 4.92 Å². The standard InChI is InChI=1S/C18H12N2O3/c1-2-10-23-18-8-6-14(7-9-18)11-16(13-19)15-4-3-5-17(12-15)20(21)22/h1,3-9,11-12H,10H2/b16-11-. The molecule has 0 bridgehead atoms. The molecule has 2 rings (SSSR count). The van der Waals surface area contributed by atoms with Gasteiger partial charge in [-0.2, -0.15) is 5.26 Å². The number of allylic oxidation sites excluding steroid dienone is 1. The van der Waals surface area contributed by atoms with Gasteiger partial charge in [0, 0.05) is 12.1 Å². The Balaban J connectivity index is 2.29. The molecule has 0 aromatic heterocycles. The van der Waals surface area contributed by atoms with E-state index in [1.165, 1.54) is 12.1 Å². The van der Waals surface area contributed by atoms with Crippen molar-refractivity contribution in [2.75, 3.05) is 6.61 Å². The predicted octanol–water partition coefficient (Wildman–Crippen LogP) is 3.67. The second kappa shape index (κ2) is 7.44. The van der Waals surface area contributed by atoms with Crippen LogP contribution in [-0.4, -0.2) is 11.5 Å². The molecule has 0 radical (unpaired) electrons. The topological polar surface area (TPSA) is 76.2 Å². The molecule has 2 aromatic rings. The van der Waals surface area contributed by atoms with E-state index in [9.17, 15) is 15.4 Å². The summed E-state index contributed by atoms with van der Waals surface area (Å²) in [5, 5.41) is 20.1. The van der Waals surface area contributed by atoms with Crippen LogP contribution < -0.4 is 4.74 Å². The second-order valence-electron chi connectivity index (χ2n) is 4.54. The van der Waals surface area contributed by atoms with Crippen LogP contribution in [0.25, 0.3) is 11.6 Å². The molecular weight excluding hydrogens is 292 g/mol. The molecule has 0 spiro atoms. The van der Waals surface area contributed by atoms with Crippen LogP contribution in [0.4, 0.5) is 5.69 Å². The molecule has 112 valence electrons. The van der Waals surface area contributed by atoms with Crippen LogP contribution in [0.3, 0.4) is 0 Å². The first-order valence-corrected chi connectivity index (χ1v) is 6.67. The van der Waals surface area contributed by atoms with Crippen LogP contribution >= 0.6 is 0 Å². The molecule has 0 aliphatic carbocycles. The smallest absolute Gasteiger partial charge is 0.270 e. The van der Waals surface area contributed by atoms with Crippen LogP contribution in [0.15, 0.2) is 48.5 Å². The SMILES string of the molecule is C#CCOc1ccc(/C=C(/C#N)c2cccc([N+](=O)[O-])c2)cc1. The third-order valence-corrected chi connectivity index (χ3v) is 3.00. The number of non-ortho nitro benzene ring substituents is 1. The number of rotatable bonds is 5. The third kappa shape index (κ3) is 4.20. The van der Waals surface area contributed by atoms with Crippen molar-refractivity contribution in [2.24, 2.45) is 0 Å². The summed E-state index contributed by atoms with van der Waals surface area (Å²) in [5.41, 5.74) is 1.56. The average Bonchev–Trinajstić information content (AvgIpc) is 2.59. The Hall–Kier alpha value is -3.57. The van der Waals surface area contributed by atoms with Gasteiger partial charge in [-0.05, 0) is 29.3 Å². The summed E-state index contributed by atoms with van der Waals surface area (Å²) in [6.07, 6.45) is 6.78. The Morgan fingerprint density at radius 3 is 2.65 bits per heavy atom. The van der Waals surface area contributed by atoms with Gasteiger partial charge < -0.3 is 4.74 Å². The Morgan fingerprint density at radius 2 is 2.04 bits per heavy atom. The van der Waals surface area contributed by atoms with Crippen molar-refractivity contribution in [1.82, 2.24) is 0 Å². The van der Waals surface area contributed by atoms with Crippen LogP contribution in [0.5, 0.6) is 5.75 Å². The van der Waals surface area contributed by atoms with E-state index in [-0.39, 0.29) is 12.3 Å². The zero-order chi connectivity index (χ0) is 16.7. The molecule has 0 aliphatic rings. The Bertz CT molecular complexity index is 825. The summed E-state index contributed by atoms with van der Waals surface area (Å²) in [7, 11) is 0. The highest BCUT2D eigenvalue weighted by Gasteiger charge is 2.08. The van der Waals surface area contributed by atoms with Gasteiger partial charge in [0.05, 0.1) is 16.6 Å². The first-order valence-electron chi connectivity index (χ1n) is 6.67. The number of hydrogen-bond acceptors (Lipinski definition) is 4. The summed E-state index contributed by atoms with van der Waals surface area (Å²) < 4.78 is 5.27. The monoisotopic (exact) mass is 304 g/mol. The Kier molecular flexibility index (Phi) is 5.12. The molecular formula is C18H12N2O3. The maximum absolute atomic E-state index is 10.8. The van der Waals surface area contributed by atoms with E-state index in [2.05, 4.69) is 12.0 Å². The van der Waals surface area contributed by atoms with E-state index >= 15 is 0 Å². The number of benzene rings is 2. The highest BCUT2D eigenvalue weighted by Crippen LogP contribution is 2.23. The van der Waals surface area contributed by atoms with Crippen LogP contribution in [0.1, 0.15) is 11.1 Å². The van der Waals surface area contributed by atoms with Crippen molar-refractivity contribution in [3.8, 4) is 24.2 Å². The lowest BCUT2D eigenvalue weighted by atomic mass is 10.0. The van der Waals surface area contributed by atoms with Crippen molar-refractivity contribution < 1.29 is 9.66 Å². The number of nitro benzene ring substituents is 1. The minimum Gasteiger partial charge on any atom is -0.481 e. The first-order chi connectivity index (χ1) is 11.1. The predicted molar refractivity (Wildman–Crippen MR) is 87.4 cm³/mol. The highest BCUT2D eigenvalue weighted by molar-refractivity contribution is 5.90. The fourth-order valence-corrected chi connectivity index (χ4v) is 1.92. The summed E-state index contributed by atoms with van der Waals surface area (Å²) in [4.78, 5) is 10.3. The number of hydrogen-bond donors (Lipinski definition) is 0. The highest BCUT2D eigenvalue weighted by atomic mass is 16.6. The van der Waals surface area contributed by atoms with Gasteiger partial charge in [-0.15, -0.1) is 6.42 Å². The second-order valence-corrected chi connectivity index (χ2v) is 4.54. The van der Waals surface area contributed by atoms with Gasteiger partial charge in [-0.25, -0.2) is 0 Å². The lowest BCUT2D eigenvalue weighted by Gasteiger charge is -2.03. The molecule has 0 saturated heterocycles. The molecule has 0 N–H and O–H groups in total. The fourth-order valence-electron chi connectivity index (χ4n) is 1.92. The van der Waals surface area contributed by atoms with Gasteiger partial charge in [-0.1, -0.05) is 30.2 Å². The minimum atomic E-state index is -0.490. The van der Waals surface area contributed by atoms with Crippen LogP contribution in [0, 0.1) is 33.8 Å². The molecule has 5 nitrogen and oxygen atoms in total. The largest absolute Gasteiger partial charge is 0.481 e. The lowest BCUT2D eigenvalue weighted by molar-refractivity contribution is -0.384. The molecule has 0 fully saturated rings. The Morgan fingerprint density at radius 1 is 1.30 bits per heavy atom. The maximum atomic E-state index is 10.8. The molecule has 2 aromatic carbocycles. The van der Waals surface area contributed by atoms with E-state index in [0.29, 0.717) is 16.9 Å². The number of nitro groups is 1. The summed E-state index contributed by atoms with van der Waals surface area (Å²) in [6.45, 7) is 0.187. The Labute approximate surface area is 133 Å². The quantitative estimate of drug-likeness (QED) is 0.278. The molecule has 23 heavy (non-hydrogen) atoms. The third-order valence-electron chi connectivity index (χ3n) is 3.00. The molecule has 0 unspecified atom stereocenters.